The Kier molecular flexibility index (Phi) is 4.85. The predicted molar refractivity (Wildman–Crippen MR) is 117 cm³/mol. The second-order valence-electron chi connectivity index (χ2n) is 7.86. The standard InChI is InChI=1S/C23H23ClN4O2/c1-28-19-10-11-25-12-18(19)26-22(28)23(30)27-17-7-3-6-16(21(17)24)13-4-2-5-15-14(13)8-9-20(15)29/h2-7,20,25,29H,8-12H2,1H3,(H,27,30). The van der Waals surface area contributed by atoms with Gasteiger partial charge in [0.1, 0.15) is 0 Å². The number of halogens is 1. The van der Waals surface area contributed by atoms with Crippen LogP contribution < -0.4 is 10.6 Å². The molecule has 1 unspecified atom stereocenters. The fourth-order valence-electron chi connectivity index (χ4n) is 4.56. The molecule has 6 nitrogen and oxygen atoms in total. The maximum atomic E-state index is 13.0. The SMILES string of the molecule is Cn1c(C(=O)Nc2cccc(-c3cccc4c3CCC4O)c2Cl)nc2c1CCNC2. The van der Waals surface area contributed by atoms with E-state index in [1.165, 1.54) is 0 Å². The van der Waals surface area contributed by atoms with Gasteiger partial charge in [-0.2, -0.15) is 0 Å². The number of aromatic nitrogens is 2. The summed E-state index contributed by atoms with van der Waals surface area (Å²) in [6, 6.07) is 11.6. The summed E-state index contributed by atoms with van der Waals surface area (Å²) >= 11 is 6.74. The van der Waals surface area contributed by atoms with E-state index in [-0.39, 0.29) is 5.91 Å². The molecule has 154 valence electrons. The molecule has 0 saturated carbocycles. The van der Waals surface area contributed by atoms with E-state index in [1.54, 1.807) is 6.07 Å². The molecule has 1 aliphatic heterocycles. The molecule has 1 aromatic heterocycles. The molecule has 0 radical (unpaired) electrons. The van der Waals surface area contributed by atoms with Crippen molar-refractivity contribution in [1.29, 1.82) is 0 Å². The van der Waals surface area contributed by atoms with Crippen LogP contribution in [0.1, 0.15) is 45.7 Å². The quantitative estimate of drug-likeness (QED) is 0.602. The fraction of sp³-hybridized carbons (Fsp3) is 0.304. The number of hydrogen-bond donors (Lipinski definition) is 3. The van der Waals surface area contributed by atoms with E-state index in [0.717, 1.165) is 59.4 Å². The van der Waals surface area contributed by atoms with Crippen LogP contribution in [0, 0.1) is 0 Å². The number of carbonyl (C=O) groups is 1. The number of anilines is 1. The fourth-order valence-corrected chi connectivity index (χ4v) is 4.83. The summed E-state index contributed by atoms with van der Waals surface area (Å²) in [5.41, 5.74) is 6.51. The number of fused-ring (bicyclic) bond motifs is 2. The zero-order chi connectivity index (χ0) is 20.8. The average Bonchev–Trinajstić information content (AvgIpc) is 3.30. The summed E-state index contributed by atoms with van der Waals surface area (Å²) in [6.45, 7) is 1.56. The summed E-state index contributed by atoms with van der Waals surface area (Å²) < 4.78 is 1.87. The number of aliphatic hydroxyl groups is 1. The smallest absolute Gasteiger partial charge is 0.291 e. The molecule has 2 heterocycles. The van der Waals surface area contributed by atoms with Gasteiger partial charge in [0.2, 0.25) is 0 Å². The van der Waals surface area contributed by atoms with Gasteiger partial charge in [-0.3, -0.25) is 4.79 Å². The monoisotopic (exact) mass is 422 g/mol. The summed E-state index contributed by atoms with van der Waals surface area (Å²) in [5, 5.41) is 16.9. The van der Waals surface area contributed by atoms with E-state index in [2.05, 4.69) is 15.6 Å². The first-order chi connectivity index (χ1) is 14.5. The van der Waals surface area contributed by atoms with Crippen LogP contribution in [0.25, 0.3) is 11.1 Å². The molecule has 0 saturated heterocycles. The number of amides is 1. The van der Waals surface area contributed by atoms with Gasteiger partial charge in [0, 0.05) is 37.8 Å². The van der Waals surface area contributed by atoms with Crippen LogP contribution in [0.5, 0.6) is 0 Å². The molecule has 1 aliphatic carbocycles. The Labute approximate surface area is 179 Å². The largest absolute Gasteiger partial charge is 0.388 e. The van der Waals surface area contributed by atoms with Crippen molar-refractivity contribution in [1.82, 2.24) is 14.9 Å². The highest BCUT2D eigenvalue weighted by atomic mass is 35.5. The van der Waals surface area contributed by atoms with Gasteiger partial charge >= 0.3 is 0 Å². The van der Waals surface area contributed by atoms with Crippen LogP contribution in [-0.2, 0) is 26.4 Å². The Morgan fingerprint density at radius 3 is 2.87 bits per heavy atom. The lowest BCUT2D eigenvalue weighted by Crippen LogP contribution is -2.24. The molecule has 2 aromatic carbocycles. The highest BCUT2D eigenvalue weighted by Crippen LogP contribution is 2.41. The first kappa shape index (κ1) is 19.3. The summed E-state index contributed by atoms with van der Waals surface area (Å²) in [7, 11) is 1.88. The topological polar surface area (TPSA) is 79.2 Å². The third kappa shape index (κ3) is 3.12. The molecule has 1 amide bonds. The summed E-state index contributed by atoms with van der Waals surface area (Å²) in [4.78, 5) is 17.5. The molecule has 2 aliphatic rings. The van der Waals surface area contributed by atoms with Gasteiger partial charge in [-0.1, -0.05) is 41.9 Å². The van der Waals surface area contributed by atoms with Crippen molar-refractivity contribution in [3.05, 3.63) is 69.8 Å². The molecule has 7 heteroatoms. The third-order valence-electron chi connectivity index (χ3n) is 6.11. The van der Waals surface area contributed by atoms with Crippen LogP contribution in [0.15, 0.2) is 36.4 Å². The Morgan fingerprint density at radius 2 is 2.03 bits per heavy atom. The molecular formula is C23H23ClN4O2. The maximum absolute atomic E-state index is 13.0. The van der Waals surface area contributed by atoms with E-state index >= 15 is 0 Å². The highest BCUT2D eigenvalue weighted by molar-refractivity contribution is 6.36. The lowest BCUT2D eigenvalue weighted by Gasteiger charge is -2.15. The second-order valence-corrected chi connectivity index (χ2v) is 8.24. The van der Waals surface area contributed by atoms with Crippen LogP contribution in [-0.4, -0.2) is 27.1 Å². The van der Waals surface area contributed by atoms with Crippen molar-refractivity contribution in [3.63, 3.8) is 0 Å². The van der Waals surface area contributed by atoms with Crippen molar-refractivity contribution < 1.29 is 9.90 Å². The van der Waals surface area contributed by atoms with E-state index < -0.39 is 6.10 Å². The van der Waals surface area contributed by atoms with Gasteiger partial charge in [0.05, 0.1) is 22.5 Å². The molecular weight excluding hydrogens is 400 g/mol. The third-order valence-corrected chi connectivity index (χ3v) is 6.51. The molecule has 0 spiro atoms. The summed E-state index contributed by atoms with van der Waals surface area (Å²) in [6.07, 6.45) is 1.96. The van der Waals surface area contributed by atoms with Gasteiger partial charge in [0.15, 0.2) is 5.82 Å². The number of imidazole rings is 1. The zero-order valence-electron chi connectivity index (χ0n) is 16.7. The van der Waals surface area contributed by atoms with Crippen molar-refractivity contribution in [2.45, 2.75) is 31.9 Å². The number of nitrogens with one attached hydrogen (secondary N) is 2. The number of carbonyl (C=O) groups excluding carboxylic acids is 1. The number of benzene rings is 2. The first-order valence-corrected chi connectivity index (χ1v) is 10.6. The highest BCUT2D eigenvalue weighted by Gasteiger charge is 2.25. The Hall–Kier alpha value is -2.67. The summed E-state index contributed by atoms with van der Waals surface area (Å²) in [5.74, 6) is 0.105. The minimum atomic E-state index is -0.425. The molecule has 30 heavy (non-hydrogen) atoms. The number of rotatable bonds is 3. The maximum Gasteiger partial charge on any atom is 0.291 e. The number of aliphatic hydroxyl groups excluding tert-OH is 1. The Morgan fingerprint density at radius 1 is 1.23 bits per heavy atom. The molecule has 1 atom stereocenters. The van der Waals surface area contributed by atoms with Crippen LogP contribution in [0.2, 0.25) is 5.02 Å². The minimum Gasteiger partial charge on any atom is -0.388 e. The van der Waals surface area contributed by atoms with Crippen molar-refractivity contribution in [2.75, 3.05) is 11.9 Å². The predicted octanol–water partition coefficient (Wildman–Crippen LogP) is 3.62. The van der Waals surface area contributed by atoms with Gasteiger partial charge < -0.3 is 20.3 Å². The van der Waals surface area contributed by atoms with E-state index in [9.17, 15) is 9.90 Å². The Bertz CT molecular complexity index is 1150. The first-order valence-electron chi connectivity index (χ1n) is 10.2. The average molecular weight is 423 g/mol. The normalized spacial score (nSPS) is 17.5. The lowest BCUT2D eigenvalue weighted by atomic mass is 9.96. The van der Waals surface area contributed by atoms with Crippen molar-refractivity contribution >= 4 is 23.2 Å². The molecule has 5 rings (SSSR count). The van der Waals surface area contributed by atoms with Crippen LogP contribution in [0.3, 0.4) is 0 Å². The van der Waals surface area contributed by atoms with Crippen LogP contribution in [0.4, 0.5) is 5.69 Å². The van der Waals surface area contributed by atoms with Gasteiger partial charge in [0.25, 0.3) is 5.91 Å². The molecule has 3 aromatic rings. The minimum absolute atomic E-state index is 0.278. The van der Waals surface area contributed by atoms with E-state index in [1.807, 2.05) is 41.9 Å². The Balaban J connectivity index is 1.48. The number of hydrogen-bond acceptors (Lipinski definition) is 4. The molecule has 0 fully saturated rings. The number of nitrogens with zero attached hydrogens (tertiary/aromatic N) is 2. The van der Waals surface area contributed by atoms with E-state index in [4.69, 9.17) is 11.6 Å². The molecule has 3 N–H and O–H groups in total. The zero-order valence-corrected chi connectivity index (χ0v) is 17.5. The van der Waals surface area contributed by atoms with Gasteiger partial charge in [-0.15, -0.1) is 0 Å². The molecule has 0 bridgehead atoms. The second kappa shape index (κ2) is 7.54. The van der Waals surface area contributed by atoms with Gasteiger partial charge in [-0.25, -0.2) is 4.98 Å². The lowest BCUT2D eigenvalue weighted by molar-refractivity contribution is 0.101. The van der Waals surface area contributed by atoms with Crippen molar-refractivity contribution in [2.24, 2.45) is 7.05 Å². The van der Waals surface area contributed by atoms with E-state index in [0.29, 0.717) is 23.1 Å². The van der Waals surface area contributed by atoms with Crippen molar-refractivity contribution in [3.8, 4) is 11.1 Å². The van der Waals surface area contributed by atoms with Gasteiger partial charge in [-0.05, 0) is 35.6 Å². The van der Waals surface area contributed by atoms with Crippen LogP contribution >= 0.6 is 11.6 Å².